The van der Waals surface area contributed by atoms with Gasteiger partial charge in [0.25, 0.3) is 0 Å². The maximum atomic E-state index is 7.79. The lowest BCUT2D eigenvalue weighted by Gasteiger charge is -2.21. The molecule has 0 saturated carbocycles. The Balaban J connectivity index is 0.944. The quantitative estimate of drug-likeness (QED) is 0.0863. The second-order valence-corrected chi connectivity index (χ2v) is 24.2. The van der Waals surface area contributed by atoms with Gasteiger partial charge >= 0.3 is 0 Å². The number of aromatic nitrogens is 8. The second kappa shape index (κ2) is 24.2. The van der Waals surface area contributed by atoms with E-state index in [4.69, 9.17) is 29.2 Å². The van der Waals surface area contributed by atoms with E-state index < -0.39 is 12.6 Å². The van der Waals surface area contributed by atoms with Crippen LogP contribution >= 0.6 is 0 Å². The molecule has 15 aromatic rings. The number of aromatic amines is 5. The first-order chi connectivity index (χ1) is 48.1. The van der Waals surface area contributed by atoms with Gasteiger partial charge in [-0.1, -0.05) is 212 Å². The number of nitrogens with zero attached hydrogens (tertiary/aromatic N) is 3. The molecule has 5 N–H and O–H groups in total. The molecule has 2 atom stereocenters. The molecule has 0 saturated heterocycles. The van der Waals surface area contributed by atoms with Gasteiger partial charge in [0.2, 0.25) is 24.3 Å². The molecule has 460 valence electrons. The zero-order chi connectivity index (χ0) is 64.2. The van der Waals surface area contributed by atoms with Crippen molar-refractivity contribution in [1.29, 1.82) is 0 Å². The van der Waals surface area contributed by atoms with Crippen LogP contribution < -0.4 is 9.47 Å². The summed E-state index contributed by atoms with van der Waals surface area (Å²) in [4.78, 5) is 36.7. The maximum absolute atomic E-state index is 7.79. The van der Waals surface area contributed by atoms with Crippen molar-refractivity contribution in [2.75, 3.05) is 0 Å². The van der Waals surface area contributed by atoms with E-state index in [-0.39, 0.29) is 0 Å². The molecule has 0 aliphatic carbocycles. The van der Waals surface area contributed by atoms with Crippen LogP contribution in [0.4, 0.5) is 0 Å². The van der Waals surface area contributed by atoms with Crippen molar-refractivity contribution in [2.24, 2.45) is 0 Å². The molecule has 8 aromatic carbocycles. The van der Waals surface area contributed by atoms with Crippen molar-refractivity contribution in [1.82, 2.24) is 39.9 Å². The summed E-state index contributed by atoms with van der Waals surface area (Å²) < 4.78 is 22.9. The summed E-state index contributed by atoms with van der Waals surface area (Å²) >= 11 is 0. The smallest absolute Gasteiger partial charge is 0.249 e. The Hall–Kier alpha value is -13.0. The van der Waals surface area contributed by atoms with Gasteiger partial charge in [0.1, 0.15) is 28.0 Å². The van der Waals surface area contributed by atoms with Crippen LogP contribution in [0.5, 0.6) is 11.8 Å². The average molecular weight is 1250 g/mol. The molecule has 0 amide bonds. The van der Waals surface area contributed by atoms with Gasteiger partial charge in [-0.05, 0) is 118 Å². The predicted octanol–water partition coefficient (Wildman–Crippen LogP) is 21.8. The van der Waals surface area contributed by atoms with Gasteiger partial charge in [-0.15, -0.1) is 0 Å². The van der Waals surface area contributed by atoms with Crippen LogP contribution in [0.1, 0.15) is 35.4 Å². The fourth-order valence-electron chi connectivity index (χ4n) is 13.9. The first-order valence-corrected chi connectivity index (χ1v) is 32.5. The number of hydrogen-bond donors (Lipinski definition) is 5. The van der Waals surface area contributed by atoms with Crippen molar-refractivity contribution in [2.45, 2.75) is 12.6 Å². The van der Waals surface area contributed by atoms with Crippen molar-refractivity contribution >= 4 is 67.3 Å². The molecule has 0 radical (unpaired) electrons. The predicted molar refractivity (Wildman–Crippen MR) is 392 cm³/mol. The maximum Gasteiger partial charge on any atom is 0.249 e. The van der Waals surface area contributed by atoms with Gasteiger partial charge in [-0.25, -0.2) is 15.0 Å². The van der Waals surface area contributed by atoms with Gasteiger partial charge in [0, 0.05) is 74.1 Å². The topological polar surface area (TPSA) is 145 Å². The van der Waals surface area contributed by atoms with Crippen LogP contribution in [-0.2, 0) is 4.74 Å². The minimum atomic E-state index is -1.25. The number of benzene rings is 8. The Morgan fingerprint density at radius 3 is 0.938 bits per heavy atom. The molecule has 10 heterocycles. The van der Waals surface area contributed by atoms with Gasteiger partial charge in [0.05, 0.1) is 50.1 Å². The third kappa shape index (κ3) is 10.4. The molecule has 0 fully saturated rings. The summed E-state index contributed by atoms with van der Waals surface area (Å²) in [5.74, 6) is 0.668. The lowest BCUT2D eigenvalue weighted by Crippen LogP contribution is -2.17. The first-order valence-electron chi connectivity index (χ1n) is 32.5. The fourth-order valence-corrected chi connectivity index (χ4v) is 13.9. The third-order valence-electron chi connectivity index (χ3n) is 18.3. The van der Waals surface area contributed by atoms with Crippen LogP contribution in [0.25, 0.3) is 156 Å². The van der Waals surface area contributed by atoms with Gasteiger partial charge in [0.15, 0.2) is 0 Å². The van der Waals surface area contributed by atoms with Crippen molar-refractivity contribution in [3.8, 4) is 101 Å². The standard InChI is InChI=1S/C86H59N8O3/c1-9-25-53(26-10-1)73-61-41-43-63(87-61)75(55-29-13-3-14-30-55)67-47-51-71(91-67)79(59-37-21-7-22-38-59)83-93-81(77(57-33-17-5-18-34-57)69-49-45-65(73)89-69)85(95-83)97-86-82-78(58-35-19-6-20-36-58)70-50-46-66(90-70)74(54-27-11-2-12-28-54)62-42-44-64(88-62)76(56-31-15-4-16-32-56)68-48-52-72(92-68)80(84(94-82)96-86)60-39-23-8-24-40-60/h1-52,85-89,91-92H/q+1/t85-,86-/m1/s1. The average Bonchev–Trinajstić information content (AvgIpc) is 1.61. The molecule has 0 spiro atoms. The van der Waals surface area contributed by atoms with Crippen LogP contribution in [0.3, 0.4) is 0 Å². The zero-order valence-corrected chi connectivity index (χ0v) is 52.2. The molecule has 3 aliphatic heterocycles. The lowest BCUT2D eigenvalue weighted by atomic mass is 10.0. The number of fused-ring (bicyclic) bond motifs is 16. The van der Waals surface area contributed by atoms with Crippen molar-refractivity contribution < 1.29 is 14.2 Å². The van der Waals surface area contributed by atoms with E-state index in [2.05, 4.69) is 243 Å². The van der Waals surface area contributed by atoms with Gasteiger partial charge in [-0.3, -0.25) is 4.74 Å². The fraction of sp³-hybridized carbons (Fsp3) is 0.0233. The zero-order valence-electron chi connectivity index (χ0n) is 52.2. The van der Waals surface area contributed by atoms with Crippen LogP contribution in [-0.4, -0.2) is 39.9 Å². The number of ether oxygens (including phenoxy) is 3. The molecule has 16 bridgehead atoms. The number of nitrogens with one attached hydrogen (secondary N) is 5. The highest BCUT2D eigenvalue weighted by Gasteiger charge is 2.39. The van der Waals surface area contributed by atoms with E-state index in [9.17, 15) is 0 Å². The highest BCUT2D eigenvalue weighted by atomic mass is 16.8. The molecule has 97 heavy (non-hydrogen) atoms. The summed E-state index contributed by atoms with van der Waals surface area (Å²) in [7, 11) is 0. The van der Waals surface area contributed by atoms with E-state index >= 15 is 0 Å². The molecular weight excluding hydrogens is 1190 g/mol. The largest absolute Gasteiger partial charge is 0.441 e. The Kier molecular flexibility index (Phi) is 14.1. The Morgan fingerprint density at radius 2 is 0.536 bits per heavy atom. The van der Waals surface area contributed by atoms with Crippen LogP contribution in [0.2, 0.25) is 0 Å². The van der Waals surface area contributed by atoms with E-state index in [0.717, 1.165) is 144 Å². The lowest BCUT2D eigenvalue weighted by molar-refractivity contribution is -0.183. The molecule has 0 unspecified atom stereocenters. The van der Waals surface area contributed by atoms with E-state index in [1.165, 1.54) is 0 Å². The molecule has 3 aliphatic rings. The molecule has 11 nitrogen and oxygen atoms in total. The summed E-state index contributed by atoms with van der Waals surface area (Å²) in [5.41, 5.74) is 25.5. The van der Waals surface area contributed by atoms with E-state index in [1.54, 1.807) is 0 Å². The van der Waals surface area contributed by atoms with Gasteiger partial charge in [-0.2, -0.15) is 0 Å². The summed E-state index contributed by atoms with van der Waals surface area (Å²) in [5, 5.41) is 0. The number of hydrogen-bond acceptors (Lipinski definition) is 6. The van der Waals surface area contributed by atoms with Crippen LogP contribution in [0.15, 0.2) is 303 Å². The highest BCUT2D eigenvalue weighted by molar-refractivity contribution is 6.02. The van der Waals surface area contributed by atoms with Crippen molar-refractivity contribution in [3.63, 3.8) is 0 Å². The summed E-state index contributed by atoms with van der Waals surface area (Å²) in [6.07, 6.45) is 1.69. The normalized spacial score (nSPS) is 13.7. The number of H-pyrrole nitrogens is 5. The van der Waals surface area contributed by atoms with Crippen molar-refractivity contribution in [3.05, 3.63) is 326 Å². The van der Waals surface area contributed by atoms with Gasteiger partial charge < -0.3 is 34.4 Å². The summed E-state index contributed by atoms with van der Waals surface area (Å²) in [6.45, 7) is 0. The first kappa shape index (κ1) is 56.8. The van der Waals surface area contributed by atoms with Crippen LogP contribution in [0, 0.1) is 0 Å². The molecule has 7 aromatic heterocycles. The number of rotatable bonds is 10. The summed E-state index contributed by atoms with van der Waals surface area (Å²) in [6, 6.07) is 104. The SMILES string of the molecule is C1=Cc2nc1c(-c1ccccc1)c1nc(c(-c3ccccc3)c3ccc([nH]3)c(-c3ccccc3)c3ccc([nH]3)c2-c2ccccc2)O[C@@H]1O[C@H]1Oc2nc1c(-c1ccccc1)c1ccc([nH]1)[c+](-c1ccccc1)c1ccc([nH]1)c(-c1ccccc1)c1ccc([nH]1)c2-c1ccccc1. The Labute approximate surface area is 557 Å². The Morgan fingerprint density at radius 1 is 0.258 bits per heavy atom. The molecule has 18 rings (SSSR count). The monoisotopic (exact) mass is 1250 g/mol. The highest BCUT2D eigenvalue weighted by Crippen LogP contribution is 2.49. The van der Waals surface area contributed by atoms with E-state index in [0.29, 0.717) is 34.4 Å². The molecule has 11 heteroatoms. The second-order valence-electron chi connectivity index (χ2n) is 24.2. The minimum absolute atomic E-state index is 0.330. The minimum Gasteiger partial charge on any atom is -0.441 e. The van der Waals surface area contributed by atoms with E-state index in [1.807, 2.05) is 97.1 Å². The molecular formula is C86H59N8O3+. The third-order valence-corrected chi connectivity index (χ3v) is 18.3. The Bertz CT molecular complexity index is 5840.